The molecule has 0 aliphatic heterocycles. The summed E-state index contributed by atoms with van der Waals surface area (Å²) in [6, 6.07) is 5.19. The van der Waals surface area contributed by atoms with Crippen molar-refractivity contribution >= 4 is 10.9 Å². The lowest BCUT2D eigenvalue weighted by molar-refractivity contribution is 0.0662. The third-order valence-electron chi connectivity index (χ3n) is 2.85. The van der Waals surface area contributed by atoms with E-state index in [9.17, 15) is 4.39 Å². The van der Waals surface area contributed by atoms with Crippen LogP contribution in [0.1, 0.15) is 26.3 Å². The molecule has 1 aromatic carbocycles. The monoisotopic (exact) mass is 235 g/mol. The van der Waals surface area contributed by atoms with Crippen molar-refractivity contribution in [1.29, 1.82) is 0 Å². The van der Waals surface area contributed by atoms with E-state index in [-0.39, 0.29) is 11.9 Å². The minimum atomic E-state index is -0.169. The van der Waals surface area contributed by atoms with E-state index < -0.39 is 0 Å². The summed E-state index contributed by atoms with van der Waals surface area (Å²) in [5.74, 6) is -0.169. The largest absolute Gasteiger partial charge is 0.374 e. The summed E-state index contributed by atoms with van der Waals surface area (Å²) in [7, 11) is 0. The molecule has 17 heavy (non-hydrogen) atoms. The Balaban J connectivity index is 2.47. The van der Waals surface area contributed by atoms with Gasteiger partial charge in [0.25, 0.3) is 0 Å². The Morgan fingerprint density at radius 2 is 2.12 bits per heavy atom. The molecule has 92 valence electrons. The van der Waals surface area contributed by atoms with Crippen LogP contribution >= 0.6 is 0 Å². The Hall–Kier alpha value is -1.35. The van der Waals surface area contributed by atoms with E-state index in [1.807, 2.05) is 26.1 Å². The summed E-state index contributed by atoms with van der Waals surface area (Å²) >= 11 is 0. The van der Waals surface area contributed by atoms with Crippen molar-refractivity contribution in [2.45, 2.75) is 40.0 Å². The Morgan fingerprint density at radius 1 is 1.35 bits per heavy atom. The Labute approximate surface area is 101 Å². The predicted molar refractivity (Wildman–Crippen MR) is 67.5 cm³/mol. The Kier molecular flexibility index (Phi) is 3.48. The highest BCUT2D eigenvalue weighted by atomic mass is 19.1. The molecule has 0 radical (unpaired) electrons. The molecule has 0 amide bonds. The third kappa shape index (κ3) is 2.34. The van der Waals surface area contributed by atoms with Gasteiger partial charge < -0.3 is 9.30 Å². The fraction of sp³-hybridized carbons (Fsp3) is 0.429. The number of rotatable bonds is 4. The van der Waals surface area contributed by atoms with Crippen molar-refractivity contribution in [2.75, 3.05) is 0 Å². The topological polar surface area (TPSA) is 14.2 Å². The molecule has 3 heteroatoms. The molecule has 0 saturated heterocycles. The van der Waals surface area contributed by atoms with E-state index >= 15 is 0 Å². The first-order chi connectivity index (χ1) is 8.13. The van der Waals surface area contributed by atoms with Crippen LogP contribution in [0, 0.1) is 5.82 Å². The summed E-state index contributed by atoms with van der Waals surface area (Å²) in [6.07, 6.45) is 2.14. The van der Waals surface area contributed by atoms with Gasteiger partial charge in [0, 0.05) is 23.7 Å². The molecule has 0 atom stereocenters. The molecule has 0 aliphatic carbocycles. The first kappa shape index (κ1) is 12.1. The number of hydrogen-bond donors (Lipinski definition) is 0. The summed E-state index contributed by atoms with van der Waals surface area (Å²) < 4.78 is 21.5. The second kappa shape index (κ2) is 4.88. The molecule has 0 fully saturated rings. The number of aromatic nitrogens is 1. The van der Waals surface area contributed by atoms with Gasteiger partial charge in [-0.25, -0.2) is 4.39 Å². The standard InChI is InChI=1S/C14H18FNO/c1-4-16-8-11(9-17-10(2)3)14-12(15)6-5-7-13(14)16/h5-8,10H,4,9H2,1-3H3. The van der Waals surface area contributed by atoms with E-state index in [0.29, 0.717) is 12.0 Å². The molecule has 2 nitrogen and oxygen atoms in total. The molecule has 0 saturated carbocycles. The van der Waals surface area contributed by atoms with Gasteiger partial charge in [0.05, 0.1) is 18.2 Å². The lowest BCUT2D eigenvalue weighted by Crippen LogP contribution is -2.02. The lowest BCUT2D eigenvalue weighted by Gasteiger charge is -2.06. The second-order valence-corrected chi connectivity index (χ2v) is 4.43. The van der Waals surface area contributed by atoms with Gasteiger partial charge in [0.2, 0.25) is 0 Å². The summed E-state index contributed by atoms with van der Waals surface area (Å²) in [4.78, 5) is 0. The maximum Gasteiger partial charge on any atom is 0.132 e. The van der Waals surface area contributed by atoms with Crippen molar-refractivity contribution in [3.63, 3.8) is 0 Å². The number of nitrogens with zero attached hydrogens (tertiary/aromatic N) is 1. The molecule has 2 rings (SSSR count). The fourth-order valence-electron chi connectivity index (χ4n) is 2.02. The SMILES string of the molecule is CCn1cc(COC(C)C)c2c(F)cccc21. The smallest absolute Gasteiger partial charge is 0.132 e. The highest BCUT2D eigenvalue weighted by Gasteiger charge is 2.12. The number of halogens is 1. The Morgan fingerprint density at radius 3 is 2.76 bits per heavy atom. The number of aryl methyl sites for hydroxylation is 1. The first-order valence-corrected chi connectivity index (χ1v) is 6.01. The van der Waals surface area contributed by atoms with Crippen LogP contribution in [-0.4, -0.2) is 10.7 Å². The van der Waals surface area contributed by atoms with E-state index in [1.54, 1.807) is 6.07 Å². The Bertz CT molecular complexity index is 516. The van der Waals surface area contributed by atoms with Crippen molar-refractivity contribution < 1.29 is 9.13 Å². The van der Waals surface area contributed by atoms with Crippen LogP contribution in [0.2, 0.25) is 0 Å². The van der Waals surface area contributed by atoms with Crippen molar-refractivity contribution in [1.82, 2.24) is 4.57 Å². The molecule has 0 aliphatic rings. The van der Waals surface area contributed by atoms with Gasteiger partial charge in [-0.2, -0.15) is 0 Å². The lowest BCUT2D eigenvalue weighted by atomic mass is 10.2. The summed E-state index contributed by atoms with van der Waals surface area (Å²) in [5.41, 5.74) is 1.86. The number of hydrogen-bond acceptors (Lipinski definition) is 1. The molecule has 1 aromatic heterocycles. The van der Waals surface area contributed by atoms with Gasteiger partial charge in [-0.3, -0.25) is 0 Å². The molecule has 1 heterocycles. The zero-order valence-corrected chi connectivity index (χ0v) is 10.5. The van der Waals surface area contributed by atoms with Crippen LogP contribution < -0.4 is 0 Å². The van der Waals surface area contributed by atoms with Gasteiger partial charge in [0.1, 0.15) is 5.82 Å². The van der Waals surface area contributed by atoms with E-state index in [0.717, 1.165) is 17.6 Å². The maximum absolute atomic E-state index is 13.9. The highest BCUT2D eigenvalue weighted by molar-refractivity contribution is 5.84. The average molecular weight is 235 g/mol. The van der Waals surface area contributed by atoms with Gasteiger partial charge >= 0.3 is 0 Å². The average Bonchev–Trinajstić information content (AvgIpc) is 2.66. The van der Waals surface area contributed by atoms with E-state index in [1.165, 1.54) is 6.07 Å². The van der Waals surface area contributed by atoms with Crippen LogP contribution in [-0.2, 0) is 17.9 Å². The molecule has 0 unspecified atom stereocenters. The normalized spacial score (nSPS) is 11.6. The molecule has 0 spiro atoms. The molecule has 2 aromatic rings. The fourth-order valence-corrected chi connectivity index (χ4v) is 2.02. The zero-order chi connectivity index (χ0) is 12.4. The third-order valence-corrected chi connectivity index (χ3v) is 2.85. The van der Waals surface area contributed by atoms with Gasteiger partial charge in [-0.1, -0.05) is 6.07 Å². The predicted octanol–water partition coefficient (Wildman–Crippen LogP) is 3.73. The van der Waals surface area contributed by atoms with Crippen LogP contribution in [0.5, 0.6) is 0 Å². The number of benzene rings is 1. The highest BCUT2D eigenvalue weighted by Crippen LogP contribution is 2.25. The number of ether oxygens (including phenoxy) is 1. The van der Waals surface area contributed by atoms with Crippen molar-refractivity contribution in [2.24, 2.45) is 0 Å². The first-order valence-electron chi connectivity index (χ1n) is 6.01. The summed E-state index contributed by atoms with van der Waals surface area (Å²) in [6.45, 7) is 7.31. The van der Waals surface area contributed by atoms with Crippen LogP contribution in [0.15, 0.2) is 24.4 Å². The molecule has 0 N–H and O–H groups in total. The molecule has 0 bridgehead atoms. The van der Waals surface area contributed by atoms with Crippen LogP contribution in [0.3, 0.4) is 0 Å². The summed E-state index contributed by atoms with van der Waals surface area (Å²) in [5, 5.41) is 0.690. The van der Waals surface area contributed by atoms with Gasteiger partial charge in [-0.15, -0.1) is 0 Å². The van der Waals surface area contributed by atoms with Gasteiger partial charge in [0.15, 0.2) is 0 Å². The minimum Gasteiger partial charge on any atom is -0.374 e. The maximum atomic E-state index is 13.9. The van der Waals surface area contributed by atoms with Crippen LogP contribution in [0.4, 0.5) is 4.39 Å². The van der Waals surface area contributed by atoms with Gasteiger partial charge in [-0.05, 0) is 32.9 Å². The minimum absolute atomic E-state index is 0.154. The molecular weight excluding hydrogens is 217 g/mol. The molecular formula is C14H18FNO. The number of fused-ring (bicyclic) bond motifs is 1. The van der Waals surface area contributed by atoms with E-state index in [4.69, 9.17) is 4.74 Å². The van der Waals surface area contributed by atoms with Crippen molar-refractivity contribution in [3.8, 4) is 0 Å². The van der Waals surface area contributed by atoms with E-state index in [2.05, 4.69) is 11.5 Å². The zero-order valence-electron chi connectivity index (χ0n) is 10.5. The van der Waals surface area contributed by atoms with Crippen LogP contribution in [0.25, 0.3) is 10.9 Å². The quantitative estimate of drug-likeness (QED) is 0.787. The second-order valence-electron chi connectivity index (χ2n) is 4.43. The van der Waals surface area contributed by atoms with Crippen molar-refractivity contribution in [3.05, 3.63) is 35.8 Å².